The van der Waals surface area contributed by atoms with Crippen LogP contribution in [0.4, 0.5) is 4.39 Å². The first-order valence-electron chi connectivity index (χ1n) is 9.45. The molecule has 0 N–H and O–H groups in total. The van der Waals surface area contributed by atoms with E-state index in [1.54, 1.807) is 23.1 Å². The number of nitrogens with zero attached hydrogens (tertiary/aromatic N) is 5. The van der Waals surface area contributed by atoms with Gasteiger partial charge >= 0.3 is 0 Å². The van der Waals surface area contributed by atoms with E-state index in [1.165, 1.54) is 6.07 Å². The van der Waals surface area contributed by atoms with Crippen LogP contribution >= 0.6 is 0 Å². The minimum absolute atomic E-state index is 0.0459. The number of halogens is 1. The van der Waals surface area contributed by atoms with Gasteiger partial charge in [-0.1, -0.05) is 12.1 Å². The van der Waals surface area contributed by atoms with Gasteiger partial charge in [0.15, 0.2) is 0 Å². The molecular formula is C21H24FN5O. The molecule has 1 atom stereocenters. The minimum Gasteiger partial charge on any atom is -0.378 e. The Morgan fingerprint density at radius 1 is 1.18 bits per heavy atom. The summed E-state index contributed by atoms with van der Waals surface area (Å²) in [4.78, 5) is 10.9. The average Bonchev–Trinajstić information content (AvgIpc) is 2.97. The molecule has 28 heavy (non-hydrogen) atoms. The Morgan fingerprint density at radius 3 is 2.79 bits per heavy atom. The first kappa shape index (κ1) is 18.7. The second kappa shape index (κ2) is 7.77. The SMILES string of the molecule is Cc1cc(CN2CCOCC2c2c(C)nn(-c3ccccc3F)c2C)ncn1. The molecule has 0 amide bonds. The summed E-state index contributed by atoms with van der Waals surface area (Å²) < 4.78 is 21.8. The maximum absolute atomic E-state index is 14.3. The Morgan fingerprint density at radius 2 is 2.00 bits per heavy atom. The second-order valence-corrected chi connectivity index (χ2v) is 7.16. The van der Waals surface area contributed by atoms with Gasteiger partial charge in [0, 0.05) is 30.0 Å². The van der Waals surface area contributed by atoms with E-state index in [0.29, 0.717) is 25.4 Å². The predicted molar refractivity (Wildman–Crippen MR) is 104 cm³/mol. The fraction of sp³-hybridized carbons (Fsp3) is 0.381. The van der Waals surface area contributed by atoms with E-state index in [9.17, 15) is 4.39 Å². The van der Waals surface area contributed by atoms with Gasteiger partial charge in [0.25, 0.3) is 0 Å². The maximum atomic E-state index is 14.3. The number of morpholine rings is 1. The van der Waals surface area contributed by atoms with Crippen LogP contribution in [0.1, 0.15) is 34.4 Å². The molecular weight excluding hydrogens is 357 g/mol. The van der Waals surface area contributed by atoms with E-state index >= 15 is 0 Å². The van der Waals surface area contributed by atoms with Gasteiger partial charge in [-0.2, -0.15) is 5.10 Å². The van der Waals surface area contributed by atoms with Crippen molar-refractivity contribution in [1.29, 1.82) is 0 Å². The van der Waals surface area contributed by atoms with Crippen molar-refractivity contribution in [3.63, 3.8) is 0 Å². The highest BCUT2D eigenvalue weighted by molar-refractivity contribution is 5.39. The lowest BCUT2D eigenvalue weighted by atomic mass is 10.0. The zero-order chi connectivity index (χ0) is 19.7. The molecule has 0 spiro atoms. The Balaban J connectivity index is 1.69. The van der Waals surface area contributed by atoms with Crippen LogP contribution in [0.25, 0.3) is 5.69 Å². The van der Waals surface area contributed by atoms with Crippen molar-refractivity contribution in [2.75, 3.05) is 19.8 Å². The number of aryl methyl sites for hydroxylation is 2. The molecule has 0 radical (unpaired) electrons. The summed E-state index contributed by atoms with van der Waals surface area (Å²) in [6.45, 7) is 8.70. The zero-order valence-corrected chi connectivity index (χ0v) is 16.4. The smallest absolute Gasteiger partial charge is 0.148 e. The lowest BCUT2D eigenvalue weighted by molar-refractivity contribution is -0.0137. The van der Waals surface area contributed by atoms with Crippen LogP contribution in [0.5, 0.6) is 0 Å². The Hall–Kier alpha value is -2.64. The molecule has 4 rings (SSSR count). The molecule has 1 fully saturated rings. The van der Waals surface area contributed by atoms with Crippen molar-refractivity contribution in [3.8, 4) is 5.69 Å². The largest absolute Gasteiger partial charge is 0.378 e. The first-order valence-corrected chi connectivity index (χ1v) is 9.45. The molecule has 1 aliphatic rings. The van der Waals surface area contributed by atoms with Gasteiger partial charge in [0.05, 0.1) is 30.6 Å². The number of benzene rings is 1. The van der Waals surface area contributed by atoms with E-state index < -0.39 is 0 Å². The van der Waals surface area contributed by atoms with Crippen LogP contribution in [0.3, 0.4) is 0 Å². The summed E-state index contributed by atoms with van der Waals surface area (Å²) in [7, 11) is 0. The van der Waals surface area contributed by atoms with Crippen molar-refractivity contribution in [2.45, 2.75) is 33.4 Å². The number of hydrogen-bond acceptors (Lipinski definition) is 5. The van der Waals surface area contributed by atoms with Crippen molar-refractivity contribution >= 4 is 0 Å². The molecule has 0 aliphatic carbocycles. The van der Waals surface area contributed by atoms with E-state index in [-0.39, 0.29) is 11.9 Å². The van der Waals surface area contributed by atoms with E-state index in [0.717, 1.165) is 34.9 Å². The fourth-order valence-corrected chi connectivity index (χ4v) is 3.89. The standard InChI is InChI=1S/C21H24FN5O/c1-14-10-17(24-13-23-14)11-26-8-9-28-12-20(26)21-15(2)25-27(16(21)3)19-7-5-4-6-18(19)22/h4-7,10,13,20H,8-9,11-12H2,1-3H3. The molecule has 7 heteroatoms. The van der Waals surface area contributed by atoms with Crippen molar-refractivity contribution in [3.05, 3.63) is 70.8 Å². The van der Waals surface area contributed by atoms with E-state index in [4.69, 9.17) is 4.74 Å². The summed E-state index contributed by atoms with van der Waals surface area (Å²) in [5.74, 6) is -0.284. The Kier molecular flexibility index (Phi) is 5.19. The minimum atomic E-state index is -0.284. The van der Waals surface area contributed by atoms with Crippen molar-refractivity contribution < 1.29 is 9.13 Å². The van der Waals surface area contributed by atoms with Crippen LogP contribution in [-0.2, 0) is 11.3 Å². The summed E-state index contributed by atoms with van der Waals surface area (Å²) in [5, 5.41) is 4.64. The monoisotopic (exact) mass is 381 g/mol. The molecule has 6 nitrogen and oxygen atoms in total. The molecule has 3 heterocycles. The molecule has 0 saturated carbocycles. The van der Waals surface area contributed by atoms with Gasteiger partial charge in [-0.25, -0.2) is 19.0 Å². The third-order valence-electron chi connectivity index (χ3n) is 5.23. The van der Waals surface area contributed by atoms with Gasteiger partial charge in [-0.15, -0.1) is 0 Å². The Labute approximate surface area is 164 Å². The highest BCUT2D eigenvalue weighted by Crippen LogP contribution is 2.32. The fourth-order valence-electron chi connectivity index (χ4n) is 3.89. The predicted octanol–water partition coefficient (Wildman–Crippen LogP) is 3.30. The van der Waals surface area contributed by atoms with Crippen LogP contribution in [0, 0.1) is 26.6 Å². The van der Waals surface area contributed by atoms with Crippen LogP contribution in [0.2, 0.25) is 0 Å². The molecule has 3 aromatic rings. The molecule has 1 unspecified atom stereocenters. The summed E-state index contributed by atoms with van der Waals surface area (Å²) in [6.07, 6.45) is 1.60. The van der Waals surface area contributed by atoms with Gasteiger partial charge in [0.2, 0.25) is 0 Å². The van der Waals surface area contributed by atoms with E-state index in [2.05, 4.69) is 20.0 Å². The normalized spacial score (nSPS) is 17.8. The van der Waals surface area contributed by atoms with Crippen LogP contribution < -0.4 is 0 Å². The van der Waals surface area contributed by atoms with Gasteiger partial charge in [-0.3, -0.25) is 4.90 Å². The summed E-state index contributed by atoms with van der Waals surface area (Å²) >= 11 is 0. The number of para-hydroxylation sites is 1. The van der Waals surface area contributed by atoms with E-state index in [1.807, 2.05) is 32.9 Å². The molecule has 0 bridgehead atoms. The van der Waals surface area contributed by atoms with Crippen molar-refractivity contribution in [1.82, 2.24) is 24.6 Å². The average molecular weight is 381 g/mol. The first-order chi connectivity index (χ1) is 13.5. The van der Waals surface area contributed by atoms with Crippen molar-refractivity contribution in [2.24, 2.45) is 0 Å². The highest BCUT2D eigenvalue weighted by atomic mass is 19.1. The third kappa shape index (κ3) is 3.55. The van der Waals surface area contributed by atoms with Crippen LogP contribution in [-0.4, -0.2) is 44.4 Å². The summed E-state index contributed by atoms with van der Waals surface area (Å²) in [6, 6.07) is 8.77. The molecule has 1 aromatic carbocycles. The molecule has 1 aliphatic heterocycles. The number of rotatable bonds is 4. The molecule has 1 saturated heterocycles. The number of aromatic nitrogens is 4. The van der Waals surface area contributed by atoms with Gasteiger partial charge in [0.1, 0.15) is 17.8 Å². The van der Waals surface area contributed by atoms with Gasteiger partial charge < -0.3 is 4.74 Å². The molecule has 146 valence electrons. The molecule has 2 aromatic heterocycles. The topological polar surface area (TPSA) is 56.1 Å². The summed E-state index contributed by atoms with van der Waals surface area (Å²) in [5.41, 5.74) is 5.31. The maximum Gasteiger partial charge on any atom is 0.148 e. The number of hydrogen-bond donors (Lipinski definition) is 0. The van der Waals surface area contributed by atoms with Gasteiger partial charge in [-0.05, 0) is 39.0 Å². The Bertz CT molecular complexity index is 987. The second-order valence-electron chi connectivity index (χ2n) is 7.16. The van der Waals surface area contributed by atoms with Crippen LogP contribution in [0.15, 0.2) is 36.7 Å². The lowest BCUT2D eigenvalue weighted by Crippen LogP contribution is -2.39. The third-order valence-corrected chi connectivity index (χ3v) is 5.23. The number of ether oxygens (including phenoxy) is 1. The lowest BCUT2D eigenvalue weighted by Gasteiger charge is -2.35. The highest BCUT2D eigenvalue weighted by Gasteiger charge is 2.30. The quantitative estimate of drug-likeness (QED) is 0.694. The zero-order valence-electron chi connectivity index (χ0n) is 16.4.